The normalized spacial score (nSPS) is 25.8. The van der Waals surface area contributed by atoms with Crippen LogP contribution >= 0.6 is 0 Å². The quantitative estimate of drug-likeness (QED) is 0.897. The van der Waals surface area contributed by atoms with Gasteiger partial charge in [-0.25, -0.2) is 4.98 Å². The van der Waals surface area contributed by atoms with Gasteiger partial charge in [-0.2, -0.15) is 5.10 Å². The summed E-state index contributed by atoms with van der Waals surface area (Å²) >= 11 is 0. The van der Waals surface area contributed by atoms with E-state index >= 15 is 0 Å². The molecule has 2 fully saturated rings. The molecule has 1 saturated heterocycles. The maximum atomic E-state index is 12.8. The summed E-state index contributed by atoms with van der Waals surface area (Å²) in [5.41, 5.74) is 1.16. The van der Waals surface area contributed by atoms with Crippen molar-refractivity contribution >= 4 is 5.91 Å². The van der Waals surface area contributed by atoms with Crippen molar-refractivity contribution in [3.63, 3.8) is 0 Å². The van der Waals surface area contributed by atoms with Crippen LogP contribution in [0.2, 0.25) is 0 Å². The number of carbonyl (C=O) groups excluding carboxylic acids is 1. The highest BCUT2D eigenvalue weighted by molar-refractivity contribution is 5.83. The zero-order chi connectivity index (χ0) is 17.2. The molecule has 0 aromatic carbocycles. The molecule has 1 aliphatic heterocycles. The molecule has 0 radical (unpaired) electrons. The Hall–Kier alpha value is -2.28. The van der Waals surface area contributed by atoms with E-state index in [2.05, 4.69) is 33.2 Å². The molecule has 25 heavy (non-hydrogen) atoms. The Morgan fingerprint density at radius 2 is 2.40 bits per heavy atom. The fraction of sp³-hybridized carbons (Fsp3) is 0.556. The summed E-state index contributed by atoms with van der Waals surface area (Å²) in [6, 6.07) is 3.98. The molecule has 1 saturated carbocycles. The van der Waals surface area contributed by atoms with Gasteiger partial charge in [-0.15, -0.1) is 0 Å². The lowest BCUT2D eigenvalue weighted by Crippen LogP contribution is -2.43. The second-order valence-corrected chi connectivity index (χ2v) is 6.77. The van der Waals surface area contributed by atoms with Crippen LogP contribution in [0.15, 0.2) is 24.5 Å². The minimum Gasteiger partial charge on any atom is -0.366 e. The maximum absolute atomic E-state index is 12.8. The average molecular weight is 341 g/mol. The number of carbonyl (C=O) groups is 1. The number of morpholine rings is 1. The standard InChI is InChI=1S/C18H23N5O2/c1-2-4-16-20-17(22-21-16)15-11-23(7-8-25-15)18(24)14-9-13(14)12-5-3-6-19-10-12/h3,5-6,10,13-15H,2,4,7-9,11H2,1H3,(H,20,21,22)/t13-,14-,15-/m0/s1. The van der Waals surface area contributed by atoms with Gasteiger partial charge in [0.05, 0.1) is 13.2 Å². The monoisotopic (exact) mass is 341 g/mol. The lowest BCUT2D eigenvalue weighted by atomic mass is 10.1. The van der Waals surface area contributed by atoms with Crippen molar-refractivity contribution in [1.82, 2.24) is 25.1 Å². The molecule has 3 atom stereocenters. The van der Waals surface area contributed by atoms with Gasteiger partial charge in [-0.1, -0.05) is 13.0 Å². The van der Waals surface area contributed by atoms with Gasteiger partial charge < -0.3 is 9.64 Å². The van der Waals surface area contributed by atoms with Gasteiger partial charge in [-0.05, 0) is 30.4 Å². The summed E-state index contributed by atoms with van der Waals surface area (Å²) in [5.74, 6) is 2.13. The Morgan fingerprint density at radius 1 is 1.48 bits per heavy atom. The lowest BCUT2D eigenvalue weighted by molar-refractivity contribution is -0.140. The van der Waals surface area contributed by atoms with Crippen molar-refractivity contribution in [2.24, 2.45) is 5.92 Å². The number of aromatic amines is 1. The molecule has 1 N–H and O–H groups in total. The van der Waals surface area contributed by atoms with Crippen LogP contribution in [0.25, 0.3) is 0 Å². The van der Waals surface area contributed by atoms with Gasteiger partial charge in [0.1, 0.15) is 11.9 Å². The first-order valence-electron chi connectivity index (χ1n) is 8.97. The average Bonchev–Trinajstić information content (AvgIpc) is 3.33. The van der Waals surface area contributed by atoms with Gasteiger partial charge >= 0.3 is 0 Å². The number of hydrogen-bond donors (Lipinski definition) is 1. The summed E-state index contributed by atoms with van der Waals surface area (Å²) in [7, 11) is 0. The third-order valence-corrected chi connectivity index (χ3v) is 4.92. The topological polar surface area (TPSA) is 84.0 Å². The molecule has 0 spiro atoms. The number of nitrogens with one attached hydrogen (secondary N) is 1. The molecular formula is C18H23N5O2. The molecule has 2 aromatic heterocycles. The summed E-state index contributed by atoms with van der Waals surface area (Å²) in [6.07, 6.45) is 6.19. The highest BCUT2D eigenvalue weighted by atomic mass is 16.5. The Bertz CT molecular complexity index is 732. The van der Waals surface area contributed by atoms with Crippen molar-refractivity contribution in [3.8, 4) is 0 Å². The molecular weight excluding hydrogens is 318 g/mol. The van der Waals surface area contributed by atoms with E-state index in [-0.39, 0.29) is 17.9 Å². The van der Waals surface area contributed by atoms with Crippen LogP contribution in [0.5, 0.6) is 0 Å². The first-order chi connectivity index (χ1) is 12.3. The first kappa shape index (κ1) is 16.2. The third kappa shape index (κ3) is 3.42. The van der Waals surface area contributed by atoms with Crippen LogP contribution in [0.3, 0.4) is 0 Å². The first-order valence-corrected chi connectivity index (χ1v) is 8.97. The van der Waals surface area contributed by atoms with Gasteiger partial charge in [-0.3, -0.25) is 14.9 Å². The van der Waals surface area contributed by atoms with Crippen molar-refractivity contribution in [2.75, 3.05) is 19.7 Å². The SMILES string of the molecule is CCCc1nc([C@@H]2CN(C(=O)[C@H]3C[C@H]3c3cccnc3)CCO2)n[nH]1. The van der Waals surface area contributed by atoms with Crippen LogP contribution in [-0.2, 0) is 16.0 Å². The number of H-pyrrole nitrogens is 1. The smallest absolute Gasteiger partial charge is 0.226 e. The van der Waals surface area contributed by atoms with E-state index in [0.717, 1.165) is 30.7 Å². The molecule has 0 bridgehead atoms. The minimum absolute atomic E-state index is 0.0748. The Labute approximate surface area is 146 Å². The predicted octanol–water partition coefficient (Wildman–Crippen LogP) is 1.86. The number of nitrogens with zero attached hydrogens (tertiary/aromatic N) is 4. The van der Waals surface area contributed by atoms with E-state index in [4.69, 9.17) is 4.74 Å². The van der Waals surface area contributed by atoms with Crippen LogP contribution < -0.4 is 0 Å². The molecule has 0 unspecified atom stereocenters. The van der Waals surface area contributed by atoms with Crippen molar-refractivity contribution in [3.05, 3.63) is 41.7 Å². The molecule has 7 nitrogen and oxygen atoms in total. The Balaban J connectivity index is 1.39. The number of rotatable bonds is 5. The molecule has 2 aliphatic rings. The summed E-state index contributed by atoms with van der Waals surface area (Å²) in [6.45, 7) is 3.79. The zero-order valence-corrected chi connectivity index (χ0v) is 14.4. The number of pyridine rings is 1. The lowest BCUT2D eigenvalue weighted by Gasteiger charge is -2.32. The Kier molecular flexibility index (Phi) is 4.48. The van der Waals surface area contributed by atoms with Gasteiger partial charge in [0.15, 0.2) is 5.82 Å². The van der Waals surface area contributed by atoms with E-state index in [9.17, 15) is 4.79 Å². The van der Waals surface area contributed by atoms with Crippen molar-refractivity contribution in [2.45, 2.75) is 38.2 Å². The van der Waals surface area contributed by atoms with Crippen LogP contribution in [0.1, 0.15) is 49.0 Å². The number of aromatic nitrogens is 4. The highest BCUT2D eigenvalue weighted by Gasteiger charge is 2.46. The maximum Gasteiger partial charge on any atom is 0.226 e. The molecule has 1 aliphatic carbocycles. The predicted molar refractivity (Wildman–Crippen MR) is 90.7 cm³/mol. The van der Waals surface area contributed by atoms with E-state index in [1.165, 1.54) is 0 Å². The molecule has 132 valence electrons. The summed E-state index contributed by atoms with van der Waals surface area (Å²) < 4.78 is 5.80. The molecule has 7 heteroatoms. The van der Waals surface area contributed by atoms with Gasteiger partial charge in [0.2, 0.25) is 5.91 Å². The number of aryl methyl sites for hydroxylation is 1. The third-order valence-electron chi connectivity index (χ3n) is 4.92. The number of ether oxygens (including phenoxy) is 1. The van der Waals surface area contributed by atoms with Crippen molar-refractivity contribution < 1.29 is 9.53 Å². The molecule has 1 amide bonds. The molecule has 4 rings (SSSR count). The second kappa shape index (κ2) is 6.92. The highest BCUT2D eigenvalue weighted by Crippen LogP contribution is 2.48. The Morgan fingerprint density at radius 3 is 3.20 bits per heavy atom. The van der Waals surface area contributed by atoms with Crippen LogP contribution in [0.4, 0.5) is 0 Å². The number of amides is 1. The zero-order valence-electron chi connectivity index (χ0n) is 14.4. The van der Waals surface area contributed by atoms with E-state index in [1.54, 1.807) is 6.20 Å². The minimum atomic E-state index is -0.241. The van der Waals surface area contributed by atoms with E-state index in [0.29, 0.717) is 31.4 Å². The molecule has 3 heterocycles. The fourth-order valence-electron chi connectivity index (χ4n) is 3.47. The van der Waals surface area contributed by atoms with E-state index < -0.39 is 0 Å². The van der Waals surface area contributed by atoms with Gasteiger partial charge in [0.25, 0.3) is 0 Å². The largest absolute Gasteiger partial charge is 0.366 e. The second-order valence-electron chi connectivity index (χ2n) is 6.77. The van der Waals surface area contributed by atoms with Crippen molar-refractivity contribution in [1.29, 1.82) is 0 Å². The van der Waals surface area contributed by atoms with Crippen LogP contribution in [-0.4, -0.2) is 50.7 Å². The molecule has 2 aromatic rings. The van der Waals surface area contributed by atoms with Crippen LogP contribution in [0, 0.1) is 5.92 Å². The fourth-order valence-corrected chi connectivity index (χ4v) is 3.47. The van der Waals surface area contributed by atoms with E-state index in [1.807, 2.05) is 17.2 Å². The summed E-state index contributed by atoms with van der Waals surface area (Å²) in [4.78, 5) is 23.4. The van der Waals surface area contributed by atoms with Gasteiger partial charge in [0, 0.05) is 31.3 Å². The summed E-state index contributed by atoms with van der Waals surface area (Å²) in [5, 5.41) is 7.23. The number of hydrogen-bond acceptors (Lipinski definition) is 5.